The molecule has 6 nitrogen and oxygen atoms in total. The minimum Gasteiger partial charge on any atom is -0.377 e. The molecule has 24 heavy (non-hydrogen) atoms. The molecule has 0 amide bonds. The average Bonchev–Trinajstić information content (AvgIpc) is 2.55. The quantitative estimate of drug-likeness (QED) is 0.521. The van der Waals surface area contributed by atoms with Gasteiger partial charge in [0, 0.05) is 32.5 Å². The third-order valence-corrected chi connectivity index (χ3v) is 4.46. The molecule has 1 aromatic rings. The molecular weight excluding hydrogens is 326 g/mol. The van der Waals surface area contributed by atoms with E-state index in [1.54, 1.807) is 7.05 Å². The fourth-order valence-corrected chi connectivity index (χ4v) is 2.83. The van der Waals surface area contributed by atoms with Crippen LogP contribution in [0.3, 0.4) is 0 Å². The van der Waals surface area contributed by atoms with Gasteiger partial charge in [0.1, 0.15) is 9.84 Å². The molecule has 0 fully saturated rings. The molecule has 0 radical (unpaired) electrons. The lowest BCUT2D eigenvalue weighted by atomic mass is 10.1. The van der Waals surface area contributed by atoms with Gasteiger partial charge >= 0.3 is 0 Å². The lowest BCUT2D eigenvalue weighted by molar-refractivity contribution is 0.134. The maximum atomic E-state index is 11.2. The average molecular weight is 356 g/mol. The zero-order valence-corrected chi connectivity index (χ0v) is 15.8. The number of aliphatic imine (C=N–C) groups is 1. The van der Waals surface area contributed by atoms with Crippen molar-refractivity contribution < 1.29 is 13.2 Å². The molecule has 0 aliphatic rings. The molecule has 0 spiro atoms. The van der Waals surface area contributed by atoms with Crippen molar-refractivity contribution >= 4 is 15.8 Å². The molecule has 0 saturated carbocycles. The Morgan fingerprint density at radius 1 is 1.25 bits per heavy atom. The first-order valence-corrected chi connectivity index (χ1v) is 10.2. The van der Waals surface area contributed by atoms with E-state index in [-0.39, 0.29) is 11.8 Å². The Balaban J connectivity index is 2.43. The maximum Gasteiger partial charge on any atom is 0.191 e. The molecule has 2 N–H and O–H groups in total. The second kappa shape index (κ2) is 10.3. The number of hydrogen-bond acceptors (Lipinski definition) is 4. The Bertz CT molecular complexity index is 612. The molecule has 1 rings (SSSR count). The molecular formula is C17H29N3O3S. The molecule has 0 heterocycles. The molecule has 0 aromatic heterocycles. The SMILES string of the molecule is CCOCc1ccc(CNC(=NC)NC(C)CCS(C)(=O)=O)cc1. The second-order valence-electron chi connectivity index (χ2n) is 5.84. The van der Waals surface area contributed by atoms with Crippen LogP contribution in [-0.2, 0) is 27.7 Å². The molecule has 0 saturated heterocycles. The number of benzene rings is 1. The number of rotatable bonds is 9. The third-order valence-electron chi connectivity index (χ3n) is 3.48. The Hall–Kier alpha value is -1.60. The van der Waals surface area contributed by atoms with Gasteiger partial charge in [0.15, 0.2) is 5.96 Å². The van der Waals surface area contributed by atoms with Gasteiger partial charge in [-0.05, 0) is 31.4 Å². The van der Waals surface area contributed by atoms with E-state index in [0.29, 0.717) is 32.1 Å². The number of sulfone groups is 1. The number of ether oxygens (including phenoxy) is 1. The lowest BCUT2D eigenvalue weighted by Gasteiger charge is -2.17. The van der Waals surface area contributed by atoms with Gasteiger partial charge in [-0.1, -0.05) is 24.3 Å². The van der Waals surface area contributed by atoms with Crippen LogP contribution in [0.4, 0.5) is 0 Å². The number of nitrogens with one attached hydrogen (secondary N) is 2. The van der Waals surface area contributed by atoms with Crippen molar-refractivity contribution in [3.63, 3.8) is 0 Å². The fourth-order valence-electron chi connectivity index (χ4n) is 2.05. The van der Waals surface area contributed by atoms with Gasteiger partial charge in [-0.2, -0.15) is 0 Å². The highest BCUT2D eigenvalue weighted by molar-refractivity contribution is 7.90. The summed E-state index contributed by atoms with van der Waals surface area (Å²) in [5.74, 6) is 0.828. The molecule has 1 unspecified atom stereocenters. The van der Waals surface area contributed by atoms with Crippen LogP contribution < -0.4 is 10.6 Å². The van der Waals surface area contributed by atoms with E-state index in [0.717, 1.165) is 11.1 Å². The Kier molecular flexibility index (Phi) is 8.78. The molecule has 136 valence electrons. The van der Waals surface area contributed by atoms with Crippen molar-refractivity contribution in [3.8, 4) is 0 Å². The largest absolute Gasteiger partial charge is 0.377 e. The van der Waals surface area contributed by atoms with E-state index in [4.69, 9.17) is 4.74 Å². The predicted octanol–water partition coefficient (Wildman–Crippen LogP) is 1.71. The number of hydrogen-bond donors (Lipinski definition) is 2. The smallest absolute Gasteiger partial charge is 0.191 e. The van der Waals surface area contributed by atoms with Gasteiger partial charge in [0.2, 0.25) is 0 Å². The summed E-state index contributed by atoms with van der Waals surface area (Å²) in [5.41, 5.74) is 2.29. The summed E-state index contributed by atoms with van der Waals surface area (Å²) in [6, 6.07) is 8.25. The first-order valence-electron chi connectivity index (χ1n) is 8.14. The van der Waals surface area contributed by atoms with Gasteiger partial charge in [-0.25, -0.2) is 8.42 Å². The summed E-state index contributed by atoms with van der Waals surface area (Å²) in [7, 11) is -1.24. The monoisotopic (exact) mass is 355 g/mol. The van der Waals surface area contributed by atoms with Crippen molar-refractivity contribution in [3.05, 3.63) is 35.4 Å². The van der Waals surface area contributed by atoms with Crippen LogP contribution in [0.15, 0.2) is 29.3 Å². The van der Waals surface area contributed by atoms with E-state index in [1.165, 1.54) is 6.26 Å². The minimum atomic E-state index is -2.94. The topological polar surface area (TPSA) is 79.8 Å². The van der Waals surface area contributed by atoms with Crippen LogP contribution >= 0.6 is 0 Å². The molecule has 0 aliphatic carbocycles. The molecule has 7 heteroatoms. The Morgan fingerprint density at radius 2 is 1.88 bits per heavy atom. The Morgan fingerprint density at radius 3 is 2.42 bits per heavy atom. The highest BCUT2D eigenvalue weighted by Crippen LogP contribution is 2.05. The Labute approximate surface area is 145 Å². The summed E-state index contributed by atoms with van der Waals surface area (Å²) in [6.45, 7) is 5.91. The second-order valence-corrected chi connectivity index (χ2v) is 8.10. The van der Waals surface area contributed by atoms with Crippen LogP contribution in [0.2, 0.25) is 0 Å². The van der Waals surface area contributed by atoms with Gasteiger partial charge < -0.3 is 15.4 Å². The van der Waals surface area contributed by atoms with Gasteiger partial charge in [-0.15, -0.1) is 0 Å². The molecule has 0 aliphatic heterocycles. The molecule has 0 bridgehead atoms. The van der Waals surface area contributed by atoms with Crippen molar-refractivity contribution in [1.29, 1.82) is 0 Å². The van der Waals surface area contributed by atoms with Crippen LogP contribution in [-0.4, -0.2) is 46.1 Å². The van der Waals surface area contributed by atoms with E-state index in [2.05, 4.69) is 39.9 Å². The van der Waals surface area contributed by atoms with Gasteiger partial charge in [-0.3, -0.25) is 4.99 Å². The number of guanidine groups is 1. The van der Waals surface area contributed by atoms with E-state index >= 15 is 0 Å². The maximum absolute atomic E-state index is 11.2. The number of nitrogens with zero attached hydrogens (tertiary/aromatic N) is 1. The van der Waals surface area contributed by atoms with Crippen LogP contribution in [0.5, 0.6) is 0 Å². The normalized spacial score (nSPS) is 13.6. The van der Waals surface area contributed by atoms with E-state index in [1.807, 2.05) is 13.8 Å². The third kappa shape index (κ3) is 8.88. The summed E-state index contributed by atoms with van der Waals surface area (Å²) in [4.78, 5) is 4.17. The molecule has 1 atom stereocenters. The first-order chi connectivity index (χ1) is 11.3. The predicted molar refractivity (Wildman–Crippen MR) is 98.9 cm³/mol. The van der Waals surface area contributed by atoms with Crippen molar-refractivity contribution in [1.82, 2.24) is 10.6 Å². The highest BCUT2D eigenvalue weighted by atomic mass is 32.2. The van der Waals surface area contributed by atoms with E-state index < -0.39 is 9.84 Å². The summed E-state index contributed by atoms with van der Waals surface area (Å²) in [6.07, 6.45) is 1.80. The summed E-state index contributed by atoms with van der Waals surface area (Å²) < 4.78 is 27.8. The van der Waals surface area contributed by atoms with Gasteiger partial charge in [0.05, 0.1) is 12.4 Å². The zero-order chi connectivity index (χ0) is 18.0. The standard InChI is InChI=1S/C17H29N3O3S/c1-5-23-13-16-8-6-15(7-9-16)12-19-17(18-3)20-14(2)10-11-24(4,21)22/h6-9,14H,5,10-13H2,1-4H3,(H2,18,19,20). The fraction of sp³-hybridized carbons (Fsp3) is 0.588. The van der Waals surface area contributed by atoms with E-state index in [9.17, 15) is 8.42 Å². The first kappa shape index (κ1) is 20.4. The lowest BCUT2D eigenvalue weighted by Crippen LogP contribution is -2.42. The molecule has 1 aromatic carbocycles. The van der Waals surface area contributed by atoms with Crippen molar-refractivity contribution in [2.45, 2.75) is 39.5 Å². The van der Waals surface area contributed by atoms with Crippen LogP contribution in [0, 0.1) is 0 Å². The van der Waals surface area contributed by atoms with Crippen LogP contribution in [0.1, 0.15) is 31.4 Å². The van der Waals surface area contributed by atoms with Crippen molar-refractivity contribution in [2.75, 3.05) is 25.7 Å². The highest BCUT2D eigenvalue weighted by Gasteiger charge is 2.09. The summed E-state index contributed by atoms with van der Waals surface area (Å²) in [5, 5.41) is 6.44. The minimum absolute atomic E-state index is 0.0273. The summed E-state index contributed by atoms with van der Waals surface area (Å²) >= 11 is 0. The van der Waals surface area contributed by atoms with Gasteiger partial charge in [0.25, 0.3) is 0 Å². The van der Waals surface area contributed by atoms with Crippen LogP contribution in [0.25, 0.3) is 0 Å². The van der Waals surface area contributed by atoms with Crippen molar-refractivity contribution in [2.24, 2.45) is 4.99 Å². The zero-order valence-electron chi connectivity index (χ0n) is 15.0.